The minimum atomic E-state index is -4.40. The van der Waals surface area contributed by atoms with Gasteiger partial charge in [0.05, 0.1) is 32.4 Å². The molecule has 0 amide bonds. The lowest BCUT2D eigenvalue weighted by Gasteiger charge is -2.19. The number of phenols is 1. The lowest BCUT2D eigenvalue weighted by Crippen LogP contribution is -2.38. The van der Waals surface area contributed by atoms with Gasteiger partial charge in [-0.3, -0.25) is 0 Å². The average molecular weight is 553 g/mol. The van der Waals surface area contributed by atoms with Crippen LogP contribution in [0.5, 0.6) is 17.2 Å². The quantitative estimate of drug-likeness (QED) is 0.260. The van der Waals surface area contributed by atoms with Crippen molar-refractivity contribution in [3.8, 4) is 17.2 Å². The van der Waals surface area contributed by atoms with E-state index in [9.17, 15) is 18.3 Å². The van der Waals surface area contributed by atoms with Gasteiger partial charge in [0.15, 0.2) is 17.5 Å². The third kappa shape index (κ3) is 7.37. The van der Waals surface area contributed by atoms with Gasteiger partial charge in [-0.25, -0.2) is 4.99 Å². The van der Waals surface area contributed by atoms with Crippen LogP contribution < -0.4 is 20.1 Å². The van der Waals surface area contributed by atoms with E-state index >= 15 is 0 Å². The number of halogens is 4. The fraction of sp³-hybridized carbons (Fsp3) is 0.381. The summed E-state index contributed by atoms with van der Waals surface area (Å²) in [7, 11) is 2.87. The number of methoxy groups -OCH3 is 2. The van der Waals surface area contributed by atoms with Gasteiger partial charge in [-0.2, -0.15) is 13.2 Å². The summed E-state index contributed by atoms with van der Waals surface area (Å²) in [6.07, 6.45) is -4.40. The van der Waals surface area contributed by atoms with Crippen LogP contribution in [0.1, 0.15) is 36.6 Å². The smallest absolute Gasteiger partial charge is 0.416 e. The van der Waals surface area contributed by atoms with E-state index in [0.717, 1.165) is 17.7 Å². The van der Waals surface area contributed by atoms with Crippen molar-refractivity contribution in [2.24, 2.45) is 4.99 Å². The highest BCUT2D eigenvalue weighted by atomic mass is 127. The van der Waals surface area contributed by atoms with Crippen LogP contribution in [0.25, 0.3) is 0 Å². The molecule has 1 atom stereocenters. The number of rotatable bonds is 7. The molecule has 6 nitrogen and oxygen atoms in total. The number of ether oxygens (including phenoxy) is 2. The normalized spacial score (nSPS) is 12.5. The molecule has 2 rings (SSSR count). The Balaban J connectivity index is 0.00000480. The predicted octanol–water partition coefficient (Wildman–Crippen LogP) is 4.86. The van der Waals surface area contributed by atoms with Crippen molar-refractivity contribution in [1.29, 1.82) is 0 Å². The van der Waals surface area contributed by atoms with Gasteiger partial charge in [0.25, 0.3) is 0 Å². The van der Waals surface area contributed by atoms with Crippen LogP contribution in [0, 0.1) is 0 Å². The second kappa shape index (κ2) is 11.9. The maximum atomic E-state index is 13.0. The Bertz CT molecular complexity index is 867. The zero-order valence-corrected chi connectivity index (χ0v) is 20.0. The van der Waals surface area contributed by atoms with Crippen molar-refractivity contribution in [1.82, 2.24) is 10.6 Å². The molecular formula is C21H27F3IN3O3. The van der Waals surface area contributed by atoms with Crippen LogP contribution in [0.3, 0.4) is 0 Å². The van der Waals surface area contributed by atoms with Crippen molar-refractivity contribution in [3.63, 3.8) is 0 Å². The number of aliphatic imine (C=N–C) groups is 1. The number of nitrogens with one attached hydrogen (secondary N) is 2. The summed E-state index contributed by atoms with van der Waals surface area (Å²) in [4.78, 5) is 4.48. The average Bonchev–Trinajstić information content (AvgIpc) is 2.72. The first-order chi connectivity index (χ1) is 14.2. The summed E-state index contributed by atoms with van der Waals surface area (Å²) >= 11 is 0. The Labute approximate surface area is 196 Å². The Morgan fingerprint density at radius 2 is 1.74 bits per heavy atom. The molecule has 2 aromatic rings. The van der Waals surface area contributed by atoms with E-state index in [-0.39, 0.29) is 47.8 Å². The molecule has 0 fully saturated rings. The van der Waals surface area contributed by atoms with E-state index in [0.29, 0.717) is 18.1 Å². The monoisotopic (exact) mass is 553 g/mol. The van der Waals surface area contributed by atoms with Gasteiger partial charge in [-0.1, -0.05) is 12.1 Å². The minimum Gasteiger partial charge on any atom is -0.502 e. The Morgan fingerprint density at radius 3 is 2.26 bits per heavy atom. The number of phenolic OH excluding ortho intramolecular Hbond substituents is 1. The molecule has 0 heterocycles. The molecule has 0 aliphatic rings. The van der Waals surface area contributed by atoms with Gasteiger partial charge in [-0.05, 0) is 49.2 Å². The zero-order valence-electron chi connectivity index (χ0n) is 17.7. The topological polar surface area (TPSA) is 75.1 Å². The van der Waals surface area contributed by atoms with Crippen LogP contribution in [0.2, 0.25) is 0 Å². The molecule has 0 bridgehead atoms. The molecule has 1 unspecified atom stereocenters. The molecule has 2 aromatic carbocycles. The standard InChI is InChI=1S/C21H26F3N3O3.HI/c1-5-25-20(26-12-14-9-17(29-3)19(28)18(10-14)30-4)27-13(2)15-7-6-8-16(11-15)21(22,23)24;/h6-11,13,28H,5,12H2,1-4H3,(H2,25,26,27);1H. The molecule has 0 radical (unpaired) electrons. The van der Waals surface area contributed by atoms with E-state index in [2.05, 4.69) is 15.6 Å². The molecule has 0 saturated heterocycles. The van der Waals surface area contributed by atoms with E-state index in [4.69, 9.17) is 9.47 Å². The van der Waals surface area contributed by atoms with Crippen molar-refractivity contribution < 1.29 is 27.8 Å². The fourth-order valence-corrected chi connectivity index (χ4v) is 2.80. The molecule has 3 N–H and O–H groups in total. The second-order valence-electron chi connectivity index (χ2n) is 6.53. The summed E-state index contributed by atoms with van der Waals surface area (Å²) in [5, 5.41) is 16.2. The molecule has 0 aliphatic heterocycles. The SMILES string of the molecule is CCNC(=NCc1cc(OC)c(O)c(OC)c1)NC(C)c1cccc(C(F)(F)F)c1.I. The number of alkyl halides is 3. The van der Waals surface area contributed by atoms with Crippen molar-refractivity contribution in [3.05, 3.63) is 53.1 Å². The molecule has 0 aliphatic carbocycles. The van der Waals surface area contributed by atoms with Gasteiger partial charge >= 0.3 is 6.18 Å². The van der Waals surface area contributed by atoms with E-state index < -0.39 is 17.8 Å². The Morgan fingerprint density at radius 1 is 1.13 bits per heavy atom. The maximum absolute atomic E-state index is 13.0. The first-order valence-electron chi connectivity index (χ1n) is 9.35. The zero-order chi connectivity index (χ0) is 22.3. The summed E-state index contributed by atoms with van der Waals surface area (Å²) < 4.78 is 49.2. The molecular weight excluding hydrogens is 526 g/mol. The van der Waals surface area contributed by atoms with Crippen molar-refractivity contribution in [2.45, 2.75) is 32.6 Å². The van der Waals surface area contributed by atoms with Crippen LogP contribution in [-0.2, 0) is 12.7 Å². The summed E-state index contributed by atoms with van der Waals surface area (Å²) in [5.41, 5.74) is 0.521. The number of benzene rings is 2. The maximum Gasteiger partial charge on any atom is 0.416 e. The third-order valence-corrected chi connectivity index (χ3v) is 4.37. The highest BCUT2D eigenvalue weighted by Gasteiger charge is 2.30. The minimum absolute atomic E-state index is 0. The molecule has 0 saturated carbocycles. The Hall–Kier alpha value is -2.37. The predicted molar refractivity (Wildman–Crippen MR) is 124 cm³/mol. The summed E-state index contributed by atoms with van der Waals surface area (Å²) in [6.45, 7) is 4.45. The molecule has 172 valence electrons. The number of hydrogen-bond acceptors (Lipinski definition) is 4. The van der Waals surface area contributed by atoms with Crippen LogP contribution in [-0.4, -0.2) is 31.8 Å². The molecule has 31 heavy (non-hydrogen) atoms. The van der Waals surface area contributed by atoms with E-state index in [1.807, 2.05) is 6.92 Å². The van der Waals surface area contributed by atoms with Crippen molar-refractivity contribution >= 4 is 29.9 Å². The van der Waals surface area contributed by atoms with Gasteiger partial charge in [0.1, 0.15) is 0 Å². The number of aromatic hydroxyl groups is 1. The number of guanidine groups is 1. The fourth-order valence-electron chi connectivity index (χ4n) is 2.80. The van der Waals surface area contributed by atoms with E-state index in [1.54, 1.807) is 25.1 Å². The van der Waals surface area contributed by atoms with Gasteiger partial charge in [-0.15, -0.1) is 24.0 Å². The Kier molecular flexibility index (Phi) is 10.2. The molecule has 10 heteroatoms. The highest BCUT2D eigenvalue weighted by Crippen LogP contribution is 2.37. The lowest BCUT2D eigenvalue weighted by atomic mass is 10.1. The second-order valence-corrected chi connectivity index (χ2v) is 6.53. The van der Waals surface area contributed by atoms with Gasteiger partial charge < -0.3 is 25.2 Å². The first-order valence-corrected chi connectivity index (χ1v) is 9.35. The summed E-state index contributed by atoms with van der Waals surface area (Å²) in [6, 6.07) is 8.05. The lowest BCUT2D eigenvalue weighted by molar-refractivity contribution is -0.137. The largest absolute Gasteiger partial charge is 0.502 e. The third-order valence-electron chi connectivity index (χ3n) is 4.37. The van der Waals surface area contributed by atoms with Crippen LogP contribution >= 0.6 is 24.0 Å². The number of hydrogen-bond donors (Lipinski definition) is 3. The first kappa shape index (κ1) is 26.7. The molecule has 0 spiro atoms. The summed E-state index contributed by atoms with van der Waals surface area (Å²) in [5.74, 6) is 0.856. The van der Waals surface area contributed by atoms with Gasteiger partial charge in [0.2, 0.25) is 5.75 Å². The highest BCUT2D eigenvalue weighted by molar-refractivity contribution is 14.0. The van der Waals surface area contributed by atoms with Crippen LogP contribution in [0.15, 0.2) is 41.4 Å². The van der Waals surface area contributed by atoms with Crippen molar-refractivity contribution in [2.75, 3.05) is 20.8 Å². The molecule has 0 aromatic heterocycles. The van der Waals surface area contributed by atoms with E-state index in [1.165, 1.54) is 20.3 Å². The van der Waals surface area contributed by atoms with Gasteiger partial charge in [0, 0.05) is 6.54 Å². The van der Waals surface area contributed by atoms with Crippen LogP contribution in [0.4, 0.5) is 13.2 Å². The number of nitrogens with zero attached hydrogens (tertiary/aromatic N) is 1.